The Morgan fingerprint density at radius 1 is 0.946 bits per heavy atom. The number of piperidine rings is 1. The lowest BCUT2D eigenvalue weighted by atomic mass is 9.97. The first-order valence-corrected chi connectivity index (χ1v) is 13.6. The summed E-state index contributed by atoms with van der Waals surface area (Å²) in [4.78, 5) is 36.0. The first-order valence-electron chi connectivity index (χ1n) is 12.7. The summed E-state index contributed by atoms with van der Waals surface area (Å²) in [6.07, 6.45) is 1.65. The second-order valence-corrected chi connectivity index (χ2v) is 10.0. The van der Waals surface area contributed by atoms with Gasteiger partial charge in [0.25, 0.3) is 5.91 Å². The number of rotatable bonds is 11. The van der Waals surface area contributed by atoms with Crippen LogP contribution in [0.3, 0.4) is 0 Å². The Morgan fingerprint density at radius 2 is 1.62 bits per heavy atom. The molecule has 2 saturated heterocycles. The van der Waals surface area contributed by atoms with E-state index in [0.717, 1.165) is 23.5 Å². The number of nitrogens with zero attached hydrogens (tertiary/aromatic N) is 4. The molecule has 0 aliphatic carbocycles. The van der Waals surface area contributed by atoms with Gasteiger partial charge in [0.15, 0.2) is 0 Å². The maximum atomic E-state index is 13.2. The molecule has 0 spiro atoms. The molecule has 3 heterocycles. The second-order valence-electron chi connectivity index (χ2n) is 9.14. The summed E-state index contributed by atoms with van der Waals surface area (Å²) >= 11 is 1.53. The number of ether oxygens (including phenoxy) is 3. The van der Waals surface area contributed by atoms with E-state index in [-0.39, 0.29) is 30.2 Å². The van der Waals surface area contributed by atoms with Crippen LogP contribution in [0.25, 0.3) is 0 Å². The molecule has 2 fully saturated rings. The van der Waals surface area contributed by atoms with Crippen molar-refractivity contribution in [3.05, 3.63) is 46.2 Å². The molecule has 2 aliphatic rings. The van der Waals surface area contributed by atoms with Crippen LogP contribution in [-0.4, -0.2) is 106 Å². The average molecular weight is 535 g/mol. The Labute approximate surface area is 221 Å². The molecular formula is C26H35FN4O5S. The van der Waals surface area contributed by atoms with Crippen LogP contribution in [0.2, 0.25) is 0 Å². The standard InChI is InChI=1S/C26H35FN4O5S/c1-34-14-15-35-16-17-36-18-24(32)30-8-6-20(7-9-30)25-28-23(19-37-25)26(33)31-12-10-29(11-13-31)22-4-2-21(27)3-5-22/h2-5,19-20H,6-18H2,1H3. The van der Waals surface area contributed by atoms with Crippen molar-refractivity contribution < 1.29 is 28.2 Å². The number of benzene rings is 1. The molecule has 0 atom stereocenters. The van der Waals surface area contributed by atoms with Crippen LogP contribution < -0.4 is 4.90 Å². The Morgan fingerprint density at radius 3 is 2.32 bits per heavy atom. The molecule has 202 valence electrons. The predicted octanol–water partition coefficient (Wildman–Crippen LogP) is 2.63. The Balaban J connectivity index is 1.17. The summed E-state index contributed by atoms with van der Waals surface area (Å²) < 4.78 is 28.9. The average Bonchev–Trinajstić information content (AvgIpc) is 3.43. The lowest BCUT2D eigenvalue weighted by Gasteiger charge is -2.35. The van der Waals surface area contributed by atoms with Crippen LogP contribution >= 0.6 is 11.3 Å². The zero-order valence-corrected chi connectivity index (χ0v) is 22.1. The number of methoxy groups -OCH3 is 1. The lowest BCUT2D eigenvalue weighted by Crippen LogP contribution is -2.48. The van der Waals surface area contributed by atoms with Gasteiger partial charge in [-0.1, -0.05) is 0 Å². The molecule has 2 amide bonds. The highest BCUT2D eigenvalue weighted by molar-refractivity contribution is 7.09. The van der Waals surface area contributed by atoms with Gasteiger partial charge in [0, 0.05) is 63.4 Å². The highest BCUT2D eigenvalue weighted by Crippen LogP contribution is 2.31. The number of likely N-dealkylation sites (tertiary alicyclic amines) is 1. The minimum atomic E-state index is -0.251. The smallest absolute Gasteiger partial charge is 0.273 e. The number of piperazine rings is 1. The zero-order valence-electron chi connectivity index (χ0n) is 21.3. The van der Waals surface area contributed by atoms with Gasteiger partial charge in [-0.15, -0.1) is 11.3 Å². The third-order valence-electron chi connectivity index (χ3n) is 6.73. The van der Waals surface area contributed by atoms with Crippen molar-refractivity contribution >= 4 is 28.8 Å². The maximum Gasteiger partial charge on any atom is 0.273 e. The van der Waals surface area contributed by atoms with Crippen LogP contribution in [-0.2, 0) is 19.0 Å². The number of halogens is 1. The molecule has 37 heavy (non-hydrogen) atoms. The topological polar surface area (TPSA) is 84.4 Å². The first-order chi connectivity index (χ1) is 18.0. The van der Waals surface area contributed by atoms with Crippen molar-refractivity contribution in [3.8, 4) is 0 Å². The summed E-state index contributed by atoms with van der Waals surface area (Å²) in [5.41, 5.74) is 1.46. The Kier molecular flexibility index (Phi) is 10.2. The quantitative estimate of drug-likeness (QED) is 0.410. The molecule has 0 unspecified atom stereocenters. The number of carbonyl (C=O) groups is 2. The fourth-order valence-electron chi connectivity index (χ4n) is 4.54. The van der Waals surface area contributed by atoms with Crippen molar-refractivity contribution in [3.63, 3.8) is 0 Å². The molecular weight excluding hydrogens is 499 g/mol. The van der Waals surface area contributed by atoms with Crippen LogP contribution in [0.1, 0.15) is 34.3 Å². The highest BCUT2D eigenvalue weighted by atomic mass is 32.1. The van der Waals surface area contributed by atoms with E-state index < -0.39 is 0 Å². The van der Waals surface area contributed by atoms with Crippen LogP contribution in [0.5, 0.6) is 0 Å². The summed E-state index contributed by atoms with van der Waals surface area (Å²) in [7, 11) is 1.62. The van der Waals surface area contributed by atoms with Gasteiger partial charge in [-0.2, -0.15) is 0 Å². The SMILES string of the molecule is COCCOCCOCC(=O)N1CCC(c2nc(C(=O)N3CCN(c4ccc(F)cc4)CC3)cs2)CC1. The first kappa shape index (κ1) is 27.4. The van der Waals surface area contributed by atoms with Gasteiger partial charge in [0.1, 0.15) is 18.1 Å². The van der Waals surface area contributed by atoms with Gasteiger partial charge < -0.3 is 28.9 Å². The number of hydrogen-bond donors (Lipinski definition) is 0. The minimum absolute atomic E-state index is 0.00914. The van der Waals surface area contributed by atoms with Crippen molar-refractivity contribution in [2.45, 2.75) is 18.8 Å². The van der Waals surface area contributed by atoms with Crippen molar-refractivity contribution in [1.82, 2.24) is 14.8 Å². The molecule has 1 aromatic carbocycles. The van der Waals surface area contributed by atoms with Gasteiger partial charge >= 0.3 is 0 Å². The van der Waals surface area contributed by atoms with Crippen LogP contribution in [0.4, 0.5) is 10.1 Å². The molecule has 0 bridgehead atoms. The maximum absolute atomic E-state index is 13.2. The number of amides is 2. The van der Waals surface area contributed by atoms with Crippen molar-refractivity contribution in [1.29, 1.82) is 0 Å². The second kappa shape index (κ2) is 13.8. The molecule has 4 rings (SSSR count). The molecule has 2 aromatic rings. The predicted molar refractivity (Wildman–Crippen MR) is 139 cm³/mol. The Bertz CT molecular complexity index is 1000. The number of thiazole rings is 1. The van der Waals surface area contributed by atoms with Crippen LogP contribution in [0, 0.1) is 5.82 Å². The molecule has 0 N–H and O–H groups in total. The molecule has 1 aromatic heterocycles. The summed E-state index contributed by atoms with van der Waals surface area (Å²) in [5, 5.41) is 2.81. The van der Waals surface area contributed by atoms with Crippen molar-refractivity contribution in [2.75, 3.05) is 84.3 Å². The summed E-state index contributed by atoms with van der Waals surface area (Å²) in [5.74, 6) is -0.0536. The van der Waals surface area contributed by atoms with E-state index in [4.69, 9.17) is 14.2 Å². The number of hydrogen-bond acceptors (Lipinski definition) is 8. The van der Waals surface area contributed by atoms with E-state index in [9.17, 15) is 14.0 Å². The third kappa shape index (κ3) is 7.70. The summed E-state index contributed by atoms with van der Waals surface area (Å²) in [6, 6.07) is 6.46. The monoisotopic (exact) mass is 534 g/mol. The molecule has 2 aliphatic heterocycles. The normalized spacial score (nSPS) is 16.9. The number of carbonyl (C=O) groups excluding carboxylic acids is 2. The lowest BCUT2D eigenvalue weighted by molar-refractivity contribution is -0.137. The van der Waals surface area contributed by atoms with Gasteiger partial charge in [0.05, 0.1) is 31.4 Å². The third-order valence-corrected chi connectivity index (χ3v) is 7.73. The van der Waals surface area contributed by atoms with Gasteiger partial charge in [0.2, 0.25) is 5.91 Å². The van der Waals surface area contributed by atoms with Crippen LogP contribution in [0.15, 0.2) is 29.6 Å². The minimum Gasteiger partial charge on any atom is -0.382 e. The molecule has 0 radical (unpaired) electrons. The fourth-order valence-corrected chi connectivity index (χ4v) is 5.51. The van der Waals surface area contributed by atoms with E-state index in [0.29, 0.717) is 71.4 Å². The number of anilines is 1. The van der Waals surface area contributed by atoms with E-state index in [2.05, 4.69) is 9.88 Å². The fraction of sp³-hybridized carbons (Fsp3) is 0.577. The zero-order chi connectivity index (χ0) is 26.0. The van der Waals surface area contributed by atoms with Gasteiger partial charge in [-0.05, 0) is 37.1 Å². The van der Waals surface area contributed by atoms with E-state index in [1.165, 1.54) is 23.5 Å². The molecule has 9 nitrogen and oxygen atoms in total. The van der Waals surface area contributed by atoms with E-state index in [1.807, 2.05) is 15.2 Å². The number of aromatic nitrogens is 1. The highest BCUT2D eigenvalue weighted by Gasteiger charge is 2.28. The molecule has 11 heteroatoms. The van der Waals surface area contributed by atoms with E-state index >= 15 is 0 Å². The van der Waals surface area contributed by atoms with Crippen molar-refractivity contribution in [2.24, 2.45) is 0 Å². The van der Waals surface area contributed by atoms with Gasteiger partial charge in [-0.3, -0.25) is 9.59 Å². The van der Waals surface area contributed by atoms with E-state index in [1.54, 1.807) is 19.2 Å². The Hall–Kier alpha value is -2.60. The largest absolute Gasteiger partial charge is 0.382 e. The summed E-state index contributed by atoms with van der Waals surface area (Å²) in [6.45, 7) is 5.85. The van der Waals surface area contributed by atoms with Gasteiger partial charge in [-0.25, -0.2) is 9.37 Å². The molecule has 0 saturated carbocycles.